The lowest BCUT2D eigenvalue weighted by Gasteiger charge is -2.21. The number of unbranched alkanes of at least 4 members (excludes halogenated alkanes) is 41. The Bertz CT molecular complexity index is 2000. The van der Waals surface area contributed by atoms with Crippen molar-refractivity contribution < 1.29 is 80.2 Å². The largest absolute Gasteiger partial charge is 0.472 e. The minimum absolute atomic E-state index is 0.0941. The lowest BCUT2D eigenvalue weighted by atomic mass is 10.0. The second-order valence-electron chi connectivity index (χ2n) is 27.9. The number of aliphatic hydroxyl groups is 1. The van der Waals surface area contributed by atoms with Gasteiger partial charge in [-0.2, -0.15) is 0 Å². The predicted octanol–water partition coefficient (Wildman–Crippen LogP) is 22.4. The zero-order valence-electron chi connectivity index (χ0n) is 62.3. The summed E-state index contributed by atoms with van der Waals surface area (Å²) in [5.74, 6) is -0.332. The van der Waals surface area contributed by atoms with Gasteiger partial charge >= 0.3 is 39.5 Å². The maximum atomic E-state index is 13.1. The average Bonchev–Trinajstić information content (AvgIpc) is 1.74. The molecule has 0 saturated heterocycles. The van der Waals surface area contributed by atoms with Crippen LogP contribution >= 0.6 is 15.6 Å². The summed E-state index contributed by atoms with van der Waals surface area (Å²) in [5.41, 5.74) is 0. The van der Waals surface area contributed by atoms with Crippen LogP contribution in [0.5, 0.6) is 0 Å². The van der Waals surface area contributed by atoms with Gasteiger partial charge in [-0.05, 0) is 95.3 Å². The fourth-order valence-electron chi connectivity index (χ4n) is 12.1. The third kappa shape index (κ3) is 64.1. The van der Waals surface area contributed by atoms with E-state index in [1.165, 1.54) is 186 Å². The molecule has 7 unspecified atom stereocenters. The third-order valence-electron chi connectivity index (χ3n) is 18.4. The van der Waals surface area contributed by atoms with Crippen molar-refractivity contribution >= 4 is 39.5 Å². The Balaban J connectivity index is 2.71. The van der Waals surface area contributed by atoms with E-state index in [0.717, 1.165) is 127 Å². The predicted molar refractivity (Wildman–Crippen MR) is 393 cm³/mol. The fraction of sp³-hybridized carbons (Fsp3) is 0.897. The Hall–Kier alpha value is -2.46. The maximum absolute atomic E-state index is 13.1. The molecule has 3 N–H and O–H groups in total. The number of hydrogen-bond donors (Lipinski definition) is 3. The van der Waals surface area contributed by atoms with E-state index in [1.807, 2.05) is 0 Å². The normalized spacial score (nSPS) is 16.1. The van der Waals surface area contributed by atoms with Crippen LogP contribution < -0.4 is 0 Å². The molecule has 0 radical (unpaired) electrons. The second kappa shape index (κ2) is 66.8. The van der Waals surface area contributed by atoms with Gasteiger partial charge in [0.05, 0.1) is 26.4 Å². The first kappa shape index (κ1) is 92.6. The molecule has 570 valence electrons. The molecular weight excluding hydrogens is 1270 g/mol. The van der Waals surface area contributed by atoms with Crippen LogP contribution in [0.4, 0.5) is 0 Å². The van der Waals surface area contributed by atoms with Crippen molar-refractivity contribution in [3.05, 3.63) is 24.3 Å². The summed E-state index contributed by atoms with van der Waals surface area (Å²) >= 11 is 0. The van der Waals surface area contributed by atoms with Gasteiger partial charge in [0.25, 0.3) is 0 Å². The van der Waals surface area contributed by atoms with Gasteiger partial charge in [0.15, 0.2) is 12.2 Å². The van der Waals surface area contributed by atoms with Crippen molar-refractivity contribution in [3.63, 3.8) is 0 Å². The highest BCUT2D eigenvalue weighted by Crippen LogP contribution is 2.47. The summed E-state index contributed by atoms with van der Waals surface area (Å²) in [6, 6.07) is 0. The highest BCUT2D eigenvalue weighted by atomic mass is 31.2. The molecule has 0 aromatic rings. The van der Waals surface area contributed by atoms with Gasteiger partial charge in [0, 0.05) is 25.7 Å². The molecule has 1 fully saturated rings. The molecule has 0 heterocycles. The molecule has 1 aliphatic carbocycles. The number of ether oxygens (including phenoxy) is 4. The van der Waals surface area contributed by atoms with E-state index in [2.05, 4.69) is 52.0 Å². The first-order chi connectivity index (χ1) is 47.1. The third-order valence-corrected chi connectivity index (χ3v) is 20.3. The van der Waals surface area contributed by atoms with Crippen molar-refractivity contribution in [2.24, 2.45) is 11.8 Å². The molecule has 7 atom stereocenters. The van der Waals surface area contributed by atoms with E-state index in [0.29, 0.717) is 25.7 Å². The van der Waals surface area contributed by atoms with E-state index in [1.54, 1.807) is 0 Å². The number of carbonyl (C=O) groups excluding carboxylic acids is 4. The highest BCUT2D eigenvalue weighted by molar-refractivity contribution is 7.47. The van der Waals surface area contributed by atoms with Crippen LogP contribution in [-0.4, -0.2) is 96.7 Å². The van der Waals surface area contributed by atoms with Crippen molar-refractivity contribution in [2.75, 3.05) is 39.6 Å². The molecule has 0 spiro atoms. The molecule has 0 aromatic carbocycles. The van der Waals surface area contributed by atoms with Crippen LogP contribution in [0.15, 0.2) is 24.3 Å². The monoisotopic (exact) mass is 1420 g/mol. The molecule has 19 heteroatoms. The van der Waals surface area contributed by atoms with E-state index >= 15 is 0 Å². The zero-order valence-corrected chi connectivity index (χ0v) is 64.1. The number of rotatable bonds is 75. The van der Waals surface area contributed by atoms with Crippen LogP contribution in [0.3, 0.4) is 0 Å². The van der Waals surface area contributed by atoms with Crippen LogP contribution in [0.1, 0.15) is 381 Å². The number of allylic oxidation sites excluding steroid dienone is 4. The van der Waals surface area contributed by atoms with E-state index in [4.69, 9.17) is 37.0 Å². The Morgan fingerprint density at radius 1 is 0.330 bits per heavy atom. The molecule has 1 saturated carbocycles. The zero-order chi connectivity index (χ0) is 70.8. The van der Waals surface area contributed by atoms with Gasteiger partial charge in [-0.3, -0.25) is 37.3 Å². The standard InChI is InChI=1S/C78H146O17P2/c1-5-9-13-17-21-24-27-30-31-34-37-40-43-49-56-62-77(82)94-73(66-88-75(80)59-53-47-41-38-35-32-28-25-22-18-14-10-6-2)68-92-96(84,85)90-64-72(79)65-91-97(86,87)93-69-74(95-78(83)61-55-48-42-39-36-33-29-26-23-19-15-11-7-3)67-89-76(81)60-54-50-44-46-52-58-71-63-70(71)57-51-45-20-16-12-8-4/h26,29-31,70-74,79H,5-25,27-28,32-69H2,1-4H3,(H,84,85)(H,86,87)/b29-26-,31-30-. The Morgan fingerprint density at radius 2 is 0.567 bits per heavy atom. The van der Waals surface area contributed by atoms with Crippen LogP contribution in [0.2, 0.25) is 0 Å². The number of phosphoric ester groups is 2. The number of esters is 4. The second-order valence-corrected chi connectivity index (χ2v) is 30.8. The van der Waals surface area contributed by atoms with Gasteiger partial charge in [-0.15, -0.1) is 0 Å². The fourth-order valence-corrected chi connectivity index (χ4v) is 13.7. The Morgan fingerprint density at radius 3 is 0.866 bits per heavy atom. The number of aliphatic hydroxyl groups excluding tert-OH is 1. The summed E-state index contributed by atoms with van der Waals surface area (Å²) in [7, 11) is -9.93. The molecule has 0 aliphatic heterocycles. The van der Waals surface area contributed by atoms with Crippen LogP contribution in [0, 0.1) is 11.8 Å². The van der Waals surface area contributed by atoms with Gasteiger partial charge in [0.2, 0.25) is 0 Å². The number of hydrogen-bond acceptors (Lipinski definition) is 15. The summed E-state index contributed by atoms with van der Waals surface area (Å²) in [6.07, 6.45) is 63.5. The molecule has 0 aromatic heterocycles. The van der Waals surface area contributed by atoms with Crippen molar-refractivity contribution in [1.29, 1.82) is 0 Å². The maximum Gasteiger partial charge on any atom is 0.472 e. The number of phosphoric acid groups is 2. The number of carbonyl (C=O) groups is 4. The highest BCUT2D eigenvalue weighted by Gasteiger charge is 2.35. The lowest BCUT2D eigenvalue weighted by Crippen LogP contribution is -2.30. The summed E-state index contributed by atoms with van der Waals surface area (Å²) in [5, 5.41) is 10.6. The lowest BCUT2D eigenvalue weighted by molar-refractivity contribution is -0.161. The van der Waals surface area contributed by atoms with Gasteiger partial charge in [0.1, 0.15) is 19.3 Å². The topological polar surface area (TPSA) is 237 Å². The van der Waals surface area contributed by atoms with Crippen LogP contribution in [-0.2, 0) is 65.4 Å². The molecular formula is C78H146O17P2. The van der Waals surface area contributed by atoms with Crippen LogP contribution in [0.25, 0.3) is 0 Å². The van der Waals surface area contributed by atoms with Gasteiger partial charge in [-0.1, -0.05) is 296 Å². The summed E-state index contributed by atoms with van der Waals surface area (Å²) in [4.78, 5) is 73.0. The van der Waals surface area contributed by atoms with Gasteiger partial charge < -0.3 is 33.8 Å². The summed E-state index contributed by atoms with van der Waals surface area (Å²) < 4.78 is 68.6. The minimum atomic E-state index is -4.96. The van der Waals surface area contributed by atoms with Crippen molar-refractivity contribution in [1.82, 2.24) is 0 Å². The molecule has 1 rings (SSSR count). The molecule has 97 heavy (non-hydrogen) atoms. The first-order valence-electron chi connectivity index (χ1n) is 40.0. The molecule has 1 aliphatic rings. The summed E-state index contributed by atoms with van der Waals surface area (Å²) in [6.45, 7) is 4.95. The average molecular weight is 1420 g/mol. The van der Waals surface area contributed by atoms with Crippen molar-refractivity contribution in [3.8, 4) is 0 Å². The Labute approximate surface area is 591 Å². The molecule has 0 bridgehead atoms. The quantitative estimate of drug-likeness (QED) is 0.0169. The van der Waals surface area contributed by atoms with E-state index in [9.17, 15) is 43.2 Å². The molecule has 17 nitrogen and oxygen atoms in total. The van der Waals surface area contributed by atoms with E-state index in [-0.39, 0.29) is 25.7 Å². The smallest absolute Gasteiger partial charge is 0.462 e. The SMILES string of the molecule is CCCCCC/C=C\CCCCCCCC(=O)OC(COC(=O)CCCCCCCC1CC1CCCCCCCC)COP(=O)(O)OCC(O)COP(=O)(O)OCC(COC(=O)CCCCCCCCCCCCCCC)OC(=O)CCCCCCC/C=C\CCCCCCCC. The van der Waals surface area contributed by atoms with E-state index < -0.39 is 97.5 Å². The van der Waals surface area contributed by atoms with Gasteiger partial charge in [-0.25, -0.2) is 9.13 Å². The van der Waals surface area contributed by atoms with Crippen molar-refractivity contribution in [2.45, 2.75) is 399 Å². The Kier molecular flexibility index (Phi) is 63.7. The minimum Gasteiger partial charge on any atom is -0.462 e. The first-order valence-corrected chi connectivity index (χ1v) is 43.0. The molecule has 0 amide bonds.